The Morgan fingerprint density at radius 2 is 1.83 bits per heavy atom. The molecule has 0 bridgehead atoms. The molecule has 0 radical (unpaired) electrons. The number of anilines is 1. The van der Waals surface area contributed by atoms with Gasteiger partial charge in [-0.15, -0.1) is 0 Å². The highest BCUT2D eigenvalue weighted by molar-refractivity contribution is 6.07. The topological polar surface area (TPSA) is 72.6 Å². The van der Waals surface area contributed by atoms with E-state index in [0.717, 1.165) is 16.7 Å². The van der Waals surface area contributed by atoms with E-state index in [1.165, 1.54) is 4.90 Å². The van der Waals surface area contributed by atoms with Gasteiger partial charge in [-0.1, -0.05) is 62.4 Å². The van der Waals surface area contributed by atoms with E-state index in [0.29, 0.717) is 43.2 Å². The summed E-state index contributed by atoms with van der Waals surface area (Å²) in [7, 11) is 0. The Morgan fingerprint density at radius 3 is 2.53 bits per heavy atom. The van der Waals surface area contributed by atoms with Gasteiger partial charge in [0.15, 0.2) is 0 Å². The molecule has 1 atom stereocenters. The quantitative estimate of drug-likeness (QED) is 0.769. The first kappa shape index (κ1) is 20.4. The molecule has 2 heterocycles. The number of nitrogen functional groups attached to an aromatic ring is 1. The number of amides is 2. The minimum absolute atomic E-state index is 0.115. The van der Waals surface area contributed by atoms with Gasteiger partial charge in [0.25, 0.3) is 5.91 Å². The van der Waals surface area contributed by atoms with E-state index in [9.17, 15) is 9.59 Å². The highest BCUT2D eigenvalue weighted by Gasteiger charge is 2.50. The maximum absolute atomic E-state index is 13.6. The Hall–Kier alpha value is -2.92. The van der Waals surface area contributed by atoms with E-state index in [2.05, 4.69) is 13.8 Å². The fraction of sp³-hybridized carbons (Fsp3) is 0.360. The molecular weight excluding hydrogens is 376 g/mol. The van der Waals surface area contributed by atoms with Crippen LogP contribution in [0.4, 0.5) is 5.69 Å². The number of carbonyl (C=O) groups excluding carboxylic acids is 2. The van der Waals surface area contributed by atoms with Crippen molar-refractivity contribution >= 4 is 17.5 Å². The lowest BCUT2D eigenvalue weighted by Crippen LogP contribution is -2.46. The molecule has 0 aliphatic carbocycles. The second-order valence-corrected chi connectivity index (χ2v) is 8.53. The molecule has 1 unspecified atom stereocenters. The zero-order chi connectivity index (χ0) is 21.3. The molecule has 156 valence electrons. The number of benzene rings is 2. The normalized spacial score (nSPS) is 21.3. The zero-order valence-corrected chi connectivity index (χ0v) is 17.6. The van der Waals surface area contributed by atoms with Crippen molar-refractivity contribution in [3.05, 3.63) is 76.9 Å². The molecule has 2 aliphatic rings. The number of nitrogens with zero attached hydrogens (tertiary/aromatic N) is 1. The minimum atomic E-state index is -0.799. The average molecular weight is 405 g/mol. The lowest BCUT2D eigenvalue weighted by molar-refractivity contribution is -0.143. The van der Waals surface area contributed by atoms with E-state index in [-0.39, 0.29) is 18.2 Å². The highest BCUT2D eigenvalue weighted by Crippen LogP contribution is 2.48. The van der Waals surface area contributed by atoms with Gasteiger partial charge in [0.05, 0.1) is 18.6 Å². The summed E-state index contributed by atoms with van der Waals surface area (Å²) >= 11 is 0. The molecule has 5 nitrogen and oxygen atoms in total. The predicted octanol–water partition coefficient (Wildman–Crippen LogP) is 3.84. The molecule has 2 amide bonds. The smallest absolute Gasteiger partial charge is 0.259 e. The van der Waals surface area contributed by atoms with Crippen LogP contribution in [0.25, 0.3) is 0 Å². The second kappa shape index (κ2) is 8.07. The molecule has 2 aliphatic heterocycles. The first-order valence-electron chi connectivity index (χ1n) is 10.5. The van der Waals surface area contributed by atoms with E-state index in [4.69, 9.17) is 10.5 Å². The molecule has 2 N–H and O–H groups in total. The Bertz CT molecular complexity index is 996. The molecule has 0 saturated heterocycles. The molecule has 2 aromatic carbocycles. The molecule has 30 heavy (non-hydrogen) atoms. The van der Waals surface area contributed by atoms with Gasteiger partial charge in [-0.25, -0.2) is 0 Å². The number of imide groups is 1. The summed E-state index contributed by atoms with van der Waals surface area (Å²) in [5.74, 6) is -0.124. The van der Waals surface area contributed by atoms with Crippen LogP contribution in [0.15, 0.2) is 65.7 Å². The van der Waals surface area contributed by atoms with Gasteiger partial charge < -0.3 is 10.5 Å². The molecule has 0 saturated carbocycles. The maximum atomic E-state index is 13.6. The molecule has 0 spiro atoms. The third-order valence-electron chi connectivity index (χ3n) is 5.98. The van der Waals surface area contributed by atoms with Crippen LogP contribution in [0.3, 0.4) is 0 Å². The Balaban J connectivity index is 1.68. The van der Waals surface area contributed by atoms with Crippen molar-refractivity contribution in [3.8, 4) is 0 Å². The second-order valence-electron chi connectivity index (χ2n) is 8.53. The monoisotopic (exact) mass is 404 g/mol. The van der Waals surface area contributed by atoms with E-state index in [1.807, 2.05) is 48.5 Å². The van der Waals surface area contributed by atoms with E-state index < -0.39 is 5.60 Å². The summed E-state index contributed by atoms with van der Waals surface area (Å²) in [6, 6.07) is 17.2. The fourth-order valence-electron chi connectivity index (χ4n) is 4.62. The minimum Gasteiger partial charge on any atom is -0.398 e. The van der Waals surface area contributed by atoms with Crippen molar-refractivity contribution in [2.75, 3.05) is 18.9 Å². The van der Waals surface area contributed by atoms with Crippen LogP contribution in [-0.2, 0) is 26.3 Å². The van der Waals surface area contributed by atoms with Gasteiger partial charge >= 0.3 is 0 Å². The summed E-state index contributed by atoms with van der Waals surface area (Å²) in [5.41, 5.74) is 9.17. The summed E-state index contributed by atoms with van der Waals surface area (Å²) in [6.07, 6.45) is 1.46. The fourth-order valence-corrected chi connectivity index (χ4v) is 4.62. The van der Waals surface area contributed by atoms with Crippen molar-refractivity contribution in [3.63, 3.8) is 0 Å². The summed E-state index contributed by atoms with van der Waals surface area (Å²) in [5, 5.41) is 0. The third kappa shape index (κ3) is 3.54. The maximum Gasteiger partial charge on any atom is 0.259 e. The molecule has 5 heteroatoms. The van der Waals surface area contributed by atoms with Gasteiger partial charge in [-0.05, 0) is 41.5 Å². The van der Waals surface area contributed by atoms with Crippen LogP contribution in [0.5, 0.6) is 0 Å². The summed E-state index contributed by atoms with van der Waals surface area (Å²) in [6.45, 7) is 5.08. The number of rotatable bonds is 5. The SMILES string of the molecule is CC(C)CC1(c2ccccc2)OCC2=C1C(=O)N(C(=O)Cc1ccccc1N)CC2. The molecule has 2 aromatic rings. The Morgan fingerprint density at radius 1 is 1.13 bits per heavy atom. The Kier molecular flexibility index (Phi) is 5.48. The van der Waals surface area contributed by atoms with Gasteiger partial charge in [0.1, 0.15) is 5.60 Å². The number of para-hydroxylation sites is 1. The zero-order valence-electron chi connectivity index (χ0n) is 17.6. The van der Waals surface area contributed by atoms with Crippen LogP contribution in [0.2, 0.25) is 0 Å². The number of carbonyl (C=O) groups is 2. The average Bonchev–Trinajstić information content (AvgIpc) is 3.10. The van der Waals surface area contributed by atoms with Crippen molar-refractivity contribution in [1.29, 1.82) is 0 Å². The molecule has 0 fully saturated rings. The number of hydrogen-bond donors (Lipinski definition) is 1. The molecule has 0 aromatic heterocycles. The summed E-state index contributed by atoms with van der Waals surface area (Å²) in [4.78, 5) is 28.1. The predicted molar refractivity (Wildman–Crippen MR) is 116 cm³/mol. The van der Waals surface area contributed by atoms with Crippen LogP contribution in [0.1, 0.15) is 37.8 Å². The number of hydrogen-bond acceptors (Lipinski definition) is 4. The highest BCUT2D eigenvalue weighted by atomic mass is 16.5. The van der Waals surface area contributed by atoms with Crippen LogP contribution in [0, 0.1) is 5.92 Å². The van der Waals surface area contributed by atoms with Crippen molar-refractivity contribution in [2.45, 2.75) is 38.7 Å². The van der Waals surface area contributed by atoms with Crippen LogP contribution < -0.4 is 5.73 Å². The molecule has 4 rings (SSSR count). The number of nitrogens with two attached hydrogens (primary N) is 1. The van der Waals surface area contributed by atoms with E-state index >= 15 is 0 Å². The first-order chi connectivity index (χ1) is 14.4. The van der Waals surface area contributed by atoms with Gasteiger partial charge in [-0.3, -0.25) is 14.5 Å². The van der Waals surface area contributed by atoms with Crippen molar-refractivity contribution in [2.24, 2.45) is 5.92 Å². The number of ether oxygens (including phenoxy) is 1. The largest absolute Gasteiger partial charge is 0.398 e. The Labute approximate surface area is 177 Å². The van der Waals surface area contributed by atoms with Gasteiger partial charge in [0, 0.05) is 12.2 Å². The van der Waals surface area contributed by atoms with E-state index in [1.54, 1.807) is 6.07 Å². The summed E-state index contributed by atoms with van der Waals surface area (Å²) < 4.78 is 6.37. The van der Waals surface area contributed by atoms with Gasteiger partial charge in [0.2, 0.25) is 5.91 Å². The first-order valence-corrected chi connectivity index (χ1v) is 10.5. The van der Waals surface area contributed by atoms with Gasteiger partial charge in [-0.2, -0.15) is 0 Å². The standard InChI is InChI=1S/C25H28N2O3/c1-17(2)15-25(20-9-4-3-5-10-20)23-19(16-30-25)12-13-27(24(23)29)22(28)14-18-8-6-7-11-21(18)26/h3-11,17H,12-16,26H2,1-2H3. The van der Waals surface area contributed by atoms with Crippen LogP contribution in [-0.4, -0.2) is 29.9 Å². The van der Waals surface area contributed by atoms with Crippen LogP contribution >= 0.6 is 0 Å². The third-order valence-corrected chi connectivity index (χ3v) is 5.98. The lowest BCUT2D eigenvalue weighted by Gasteiger charge is -2.36. The molecular formula is C25H28N2O3. The lowest BCUT2D eigenvalue weighted by atomic mass is 9.77. The van der Waals surface area contributed by atoms with Crippen molar-refractivity contribution in [1.82, 2.24) is 4.90 Å². The van der Waals surface area contributed by atoms with Crippen molar-refractivity contribution < 1.29 is 14.3 Å².